The van der Waals surface area contributed by atoms with Crippen LogP contribution < -0.4 is 15.8 Å². The summed E-state index contributed by atoms with van der Waals surface area (Å²) in [4.78, 5) is 0. The fourth-order valence-electron chi connectivity index (χ4n) is 1.11. The third-order valence-corrected chi connectivity index (χ3v) is 1.87. The lowest BCUT2D eigenvalue weighted by atomic mass is 10.2. The number of ether oxygens (including phenoxy) is 1. The number of hydrogen-bond donors (Lipinski definition) is 2. The fourth-order valence-corrected chi connectivity index (χ4v) is 1.22. The van der Waals surface area contributed by atoms with Gasteiger partial charge in [0, 0.05) is 6.07 Å². The lowest BCUT2D eigenvalue weighted by Gasteiger charge is -2.13. The van der Waals surface area contributed by atoms with Gasteiger partial charge in [0.15, 0.2) is 5.11 Å². The van der Waals surface area contributed by atoms with E-state index in [1.54, 1.807) is 6.07 Å². The molecule has 1 aromatic carbocycles. The first-order chi connectivity index (χ1) is 7.49. The molecule has 0 amide bonds. The number of halogens is 1. The molecule has 1 rings (SSSR count). The Kier molecular flexibility index (Phi) is 4.49. The highest BCUT2D eigenvalue weighted by atomic mass is 32.1. The zero-order valence-electron chi connectivity index (χ0n) is 9.29. The third-order valence-electron chi connectivity index (χ3n) is 1.77. The molecule has 0 saturated carbocycles. The highest BCUT2D eigenvalue weighted by molar-refractivity contribution is 7.80. The van der Waals surface area contributed by atoms with Gasteiger partial charge in [0.1, 0.15) is 11.6 Å². The van der Waals surface area contributed by atoms with Gasteiger partial charge in [0.2, 0.25) is 0 Å². The topological polar surface area (TPSA) is 47.3 Å². The van der Waals surface area contributed by atoms with E-state index < -0.39 is 0 Å². The van der Waals surface area contributed by atoms with Crippen LogP contribution in [0.25, 0.3) is 0 Å². The summed E-state index contributed by atoms with van der Waals surface area (Å²) in [5.74, 6) is 0.571. The van der Waals surface area contributed by atoms with E-state index in [-0.39, 0.29) is 10.9 Å². The molecule has 88 valence electrons. The quantitative estimate of drug-likeness (QED) is 0.796. The van der Waals surface area contributed by atoms with Crippen LogP contribution in [-0.4, -0.2) is 11.7 Å². The summed E-state index contributed by atoms with van der Waals surface area (Å²) >= 11 is 4.70. The Labute approximate surface area is 99.8 Å². The van der Waals surface area contributed by atoms with Crippen LogP contribution in [-0.2, 0) is 0 Å². The molecule has 0 saturated heterocycles. The number of thiocarbonyl (C=S) groups is 1. The number of nitrogens with two attached hydrogens (primary N) is 1. The second-order valence-corrected chi connectivity index (χ2v) is 4.27. The SMILES string of the molecule is CC(C)COc1ccc(F)cc1NC(N)=S. The van der Waals surface area contributed by atoms with E-state index in [4.69, 9.17) is 22.7 Å². The van der Waals surface area contributed by atoms with Crippen LogP contribution in [0.15, 0.2) is 18.2 Å². The van der Waals surface area contributed by atoms with Crippen molar-refractivity contribution >= 4 is 23.0 Å². The highest BCUT2D eigenvalue weighted by Gasteiger charge is 2.06. The first-order valence-corrected chi connectivity index (χ1v) is 5.38. The largest absolute Gasteiger partial charge is 0.491 e. The molecule has 0 aliphatic carbocycles. The average molecular weight is 242 g/mol. The van der Waals surface area contributed by atoms with Crippen molar-refractivity contribution in [3.05, 3.63) is 24.0 Å². The first-order valence-electron chi connectivity index (χ1n) is 4.98. The van der Waals surface area contributed by atoms with E-state index >= 15 is 0 Å². The van der Waals surface area contributed by atoms with Crippen LogP contribution in [0.4, 0.5) is 10.1 Å². The van der Waals surface area contributed by atoms with Crippen LogP contribution >= 0.6 is 12.2 Å². The fraction of sp³-hybridized carbons (Fsp3) is 0.364. The minimum absolute atomic E-state index is 0.0833. The van der Waals surface area contributed by atoms with Gasteiger partial charge in [-0.05, 0) is 30.3 Å². The number of anilines is 1. The normalized spacial score (nSPS) is 10.2. The Morgan fingerprint density at radius 2 is 2.25 bits per heavy atom. The summed E-state index contributed by atoms with van der Waals surface area (Å²) in [6, 6.07) is 4.19. The molecule has 0 radical (unpaired) electrons. The van der Waals surface area contributed by atoms with Crippen LogP contribution in [0.3, 0.4) is 0 Å². The number of rotatable bonds is 4. The van der Waals surface area contributed by atoms with Gasteiger partial charge < -0.3 is 15.8 Å². The monoisotopic (exact) mass is 242 g/mol. The minimum Gasteiger partial charge on any atom is -0.491 e. The van der Waals surface area contributed by atoms with Gasteiger partial charge in [0.05, 0.1) is 12.3 Å². The molecule has 1 aromatic rings. The van der Waals surface area contributed by atoms with Gasteiger partial charge in [-0.2, -0.15) is 0 Å². The lowest BCUT2D eigenvalue weighted by Crippen LogP contribution is -2.20. The van der Waals surface area contributed by atoms with E-state index in [2.05, 4.69) is 5.32 Å². The zero-order chi connectivity index (χ0) is 12.1. The zero-order valence-corrected chi connectivity index (χ0v) is 10.1. The van der Waals surface area contributed by atoms with Crippen molar-refractivity contribution in [1.29, 1.82) is 0 Å². The Balaban J connectivity index is 2.84. The van der Waals surface area contributed by atoms with E-state index in [0.29, 0.717) is 24.0 Å². The summed E-state index contributed by atoms with van der Waals surface area (Å²) in [6.45, 7) is 4.62. The van der Waals surface area contributed by atoms with Crippen molar-refractivity contribution < 1.29 is 9.13 Å². The van der Waals surface area contributed by atoms with Crippen LogP contribution in [0, 0.1) is 11.7 Å². The second-order valence-electron chi connectivity index (χ2n) is 3.83. The number of nitrogens with one attached hydrogen (secondary N) is 1. The summed E-state index contributed by atoms with van der Waals surface area (Å²) in [7, 11) is 0. The summed E-state index contributed by atoms with van der Waals surface area (Å²) < 4.78 is 18.5. The molecule has 0 bridgehead atoms. The lowest BCUT2D eigenvalue weighted by molar-refractivity contribution is 0.272. The van der Waals surface area contributed by atoms with Gasteiger partial charge in [-0.3, -0.25) is 0 Å². The molecule has 3 nitrogen and oxygen atoms in total. The van der Waals surface area contributed by atoms with Crippen molar-refractivity contribution in [1.82, 2.24) is 0 Å². The number of hydrogen-bond acceptors (Lipinski definition) is 2. The summed E-state index contributed by atoms with van der Waals surface area (Å²) in [6.07, 6.45) is 0. The van der Waals surface area contributed by atoms with Gasteiger partial charge in [-0.25, -0.2) is 4.39 Å². The molecule has 0 heterocycles. The maximum absolute atomic E-state index is 13.0. The van der Waals surface area contributed by atoms with Crippen LogP contribution in [0.5, 0.6) is 5.75 Å². The van der Waals surface area contributed by atoms with Crippen molar-refractivity contribution in [2.75, 3.05) is 11.9 Å². The van der Waals surface area contributed by atoms with Gasteiger partial charge in [0.25, 0.3) is 0 Å². The van der Waals surface area contributed by atoms with Gasteiger partial charge >= 0.3 is 0 Å². The molecular formula is C11H15FN2OS. The third kappa shape index (κ3) is 4.02. The van der Waals surface area contributed by atoms with Gasteiger partial charge in [-0.15, -0.1) is 0 Å². The molecular weight excluding hydrogens is 227 g/mol. The Morgan fingerprint density at radius 3 is 2.81 bits per heavy atom. The van der Waals surface area contributed by atoms with Crippen molar-refractivity contribution in [3.8, 4) is 5.75 Å². The van der Waals surface area contributed by atoms with E-state index in [1.807, 2.05) is 13.8 Å². The van der Waals surface area contributed by atoms with Crippen LogP contribution in [0.1, 0.15) is 13.8 Å². The summed E-state index contributed by atoms with van der Waals surface area (Å²) in [5.41, 5.74) is 5.79. The maximum atomic E-state index is 13.0. The van der Waals surface area contributed by atoms with Crippen molar-refractivity contribution in [2.45, 2.75) is 13.8 Å². The Morgan fingerprint density at radius 1 is 1.56 bits per heavy atom. The molecule has 16 heavy (non-hydrogen) atoms. The Hall–Kier alpha value is -1.36. The molecule has 0 unspecified atom stereocenters. The molecule has 0 spiro atoms. The first kappa shape index (κ1) is 12.7. The molecule has 5 heteroatoms. The predicted octanol–water partition coefficient (Wildman–Crippen LogP) is 2.52. The van der Waals surface area contributed by atoms with E-state index in [9.17, 15) is 4.39 Å². The van der Waals surface area contributed by atoms with E-state index in [1.165, 1.54) is 12.1 Å². The molecule has 3 N–H and O–H groups in total. The van der Waals surface area contributed by atoms with Crippen molar-refractivity contribution in [2.24, 2.45) is 11.7 Å². The molecule has 0 aliphatic heterocycles. The van der Waals surface area contributed by atoms with Gasteiger partial charge in [-0.1, -0.05) is 13.8 Å². The Bertz CT molecular complexity index is 382. The van der Waals surface area contributed by atoms with E-state index in [0.717, 1.165) is 0 Å². The molecule has 0 atom stereocenters. The molecule has 0 fully saturated rings. The number of benzene rings is 1. The summed E-state index contributed by atoms with van der Waals surface area (Å²) in [5, 5.41) is 2.77. The molecule has 0 aliphatic rings. The standard InChI is InChI=1S/C11H15FN2OS/c1-7(2)6-15-10-4-3-8(12)5-9(10)14-11(13)16/h3-5,7H,6H2,1-2H3,(H3,13,14,16). The minimum atomic E-state index is -0.365. The van der Waals surface area contributed by atoms with Crippen LogP contribution in [0.2, 0.25) is 0 Å². The van der Waals surface area contributed by atoms with Crippen molar-refractivity contribution in [3.63, 3.8) is 0 Å². The smallest absolute Gasteiger partial charge is 0.168 e. The average Bonchev–Trinajstić information content (AvgIpc) is 2.15. The maximum Gasteiger partial charge on any atom is 0.168 e. The predicted molar refractivity (Wildman–Crippen MR) is 67.1 cm³/mol. The highest BCUT2D eigenvalue weighted by Crippen LogP contribution is 2.25. The molecule has 0 aromatic heterocycles. The second kappa shape index (κ2) is 5.65.